The predicted octanol–water partition coefficient (Wildman–Crippen LogP) is 2.44. The lowest BCUT2D eigenvalue weighted by Crippen LogP contribution is -2.31. The van der Waals surface area contributed by atoms with E-state index in [4.69, 9.17) is 9.47 Å². The highest BCUT2D eigenvalue weighted by atomic mass is 19.1. The van der Waals surface area contributed by atoms with Crippen LogP contribution < -0.4 is 20.3 Å². The van der Waals surface area contributed by atoms with E-state index in [9.17, 15) is 14.0 Å². The lowest BCUT2D eigenvalue weighted by Gasteiger charge is -2.19. The van der Waals surface area contributed by atoms with Gasteiger partial charge in [0.2, 0.25) is 5.91 Å². The number of ether oxygens (including phenoxy) is 2. The highest BCUT2D eigenvalue weighted by Gasteiger charge is 2.18. The molecule has 5 rings (SSSR count). The third kappa shape index (κ3) is 3.55. The number of hydrogen-bond acceptors (Lipinski definition) is 6. The van der Waals surface area contributed by atoms with Crippen molar-refractivity contribution in [1.29, 1.82) is 0 Å². The molecule has 0 unspecified atom stereocenters. The minimum atomic E-state index is -0.482. The van der Waals surface area contributed by atoms with Gasteiger partial charge in [-0.15, -0.1) is 0 Å². The molecule has 0 aliphatic carbocycles. The van der Waals surface area contributed by atoms with Gasteiger partial charge in [-0.05, 0) is 43.3 Å². The van der Waals surface area contributed by atoms with Gasteiger partial charge < -0.3 is 14.8 Å². The van der Waals surface area contributed by atoms with Crippen LogP contribution >= 0.6 is 0 Å². The summed E-state index contributed by atoms with van der Waals surface area (Å²) < 4.78 is 26.8. The average Bonchev–Trinajstić information content (AvgIpc) is 3.24. The van der Waals surface area contributed by atoms with Gasteiger partial charge in [0.25, 0.3) is 5.56 Å². The summed E-state index contributed by atoms with van der Waals surface area (Å²) in [6.07, 6.45) is 1.53. The first kappa shape index (κ1) is 19.7. The Morgan fingerprint density at radius 1 is 1.12 bits per heavy atom. The fraction of sp³-hybridized carbons (Fsp3) is 0.182. The van der Waals surface area contributed by atoms with Crippen molar-refractivity contribution in [3.63, 3.8) is 0 Å². The van der Waals surface area contributed by atoms with E-state index >= 15 is 0 Å². The molecule has 1 N–H and O–H groups in total. The van der Waals surface area contributed by atoms with Gasteiger partial charge in [0.15, 0.2) is 11.5 Å². The molecule has 1 aliphatic rings. The highest BCUT2D eigenvalue weighted by molar-refractivity contribution is 5.91. The minimum absolute atomic E-state index is 0.260. The fourth-order valence-electron chi connectivity index (χ4n) is 3.56. The Bertz CT molecular complexity index is 1390. The summed E-state index contributed by atoms with van der Waals surface area (Å²) >= 11 is 0. The summed E-state index contributed by atoms with van der Waals surface area (Å²) in [5.41, 5.74) is 1.36. The van der Waals surface area contributed by atoms with E-state index in [1.165, 1.54) is 35.1 Å². The lowest BCUT2D eigenvalue weighted by molar-refractivity contribution is -0.117. The molecular weight excluding hydrogens is 417 g/mol. The molecule has 162 valence electrons. The van der Waals surface area contributed by atoms with Gasteiger partial charge in [-0.3, -0.25) is 9.59 Å². The second-order valence-corrected chi connectivity index (χ2v) is 7.25. The third-order valence-corrected chi connectivity index (χ3v) is 5.06. The molecule has 32 heavy (non-hydrogen) atoms. The maximum atomic E-state index is 13.3. The standard InChI is InChI=1S/C22H18FN5O4/c1-13-17-11-24-28(16-5-2-14(23)3-6-16)21(17)22(30)27(26-13)12-20(29)25-15-4-7-18-19(10-15)32-9-8-31-18/h2-7,10-11H,8-9,12H2,1H3,(H,25,29). The Morgan fingerprint density at radius 2 is 1.88 bits per heavy atom. The molecule has 0 radical (unpaired) electrons. The van der Waals surface area contributed by atoms with Gasteiger partial charge in [0.1, 0.15) is 31.1 Å². The highest BCUT2D eigenvalue weighted by Crippen LogP contribution is 2.32. The number of amides is 1. The zero-order valence-corrected chi connectivity index (χ0v) is 17.0. The van der Waals surface area contributed by atoms with E-state index in [1.807, 2.05) is 0 Å². The summed E-state index contributed by atoms with van der Waals surface area (Å²) in [6.45, 7) is 2.35. The van der Waals surface area contributed by atoms with Crippen LogP contribution in [0.3, 0.4) is 0 Å². The molecule has 1 amide bonds. The molecule has 9 nitrogen and oxygen atoms in total. The summed E-state index contributed by atoms with van der Waals surface area (Å²) in [5, 5.41) is 11.8. The van der Waals surface area contributed by atoms with Crippen LogP contribution in [0.1, 0.15) is 5.69 Å². The fourth-order valence-corrected chi connectivity index (χ4v) is 3.56. The van der Waals surface area contributed by atoms with Crippen molar-refractivity contribution in [3.8, 4) is 17.2 Å². The molecule has 3 heterocycles. The summed E-state index contributed by atoms with van der Waals surface area (Å²) in [4.78, 5) is 25.8. The molecule has 2 aromatic heterocycles. The van der Waals surface area contributed by atoms with Crippen molar-refractivity contribution in [2.24, 2.45) is 0 Å². The van der Waals surface area contributed by atoms with Gasteiger partial charge >= 0.3 is 0 Å². The lowest BCUT2D eigenvalue weighted by atomic mass is 10.2. The Balaban J connectivity index is 1.44. The smallest absolute Gasteiger partial charge is 0.293 e. The largest absolute Gasteiger partial charge is 0.486 e. The first-order valence-corrected chi connectivity index (χ1v) is 9.90. The van der Waals surface area contributed by atoms with Crippen LogP contribution in [0.25, 0.3) is 16.6 Å². The number of rotatable bonds is 4. The second-order valence-electron chi connectivity index (χ2n) is 7.25. The molecule has 4 aromatic rings. The summed E-state index contributed by atoms with van der Waals surface area (Å²) in [5.74, 6) is 0.339. The van der Waals surface area contributed by atoms with E-state index in [-0.39, 0.29) is 12.1 Å². The van der Waals surface area contributed by atoms with Crippen molar-refractivity contribution in [3.05, 3.63) is 70.5 Å². The number of nitrogens with zero attached hydrogens (tertiary/aromatic N) is 4. The maximum Gasteiger partial charge on any atom is 0.293 e. The van der Waals surface area contributed by atoms with Crippen LogP contribution in [0.5, 0.6) is 11.5 Å². The van der Waals surface area contributed by atoms with Crippen LogP contribution in [0.2, 0.25) is 0 Å². The third-order valence-electron chi connectivity index (χ3n) is 5.06. The molecule has 0 bridgehead atoms. The van der Waals surface area contributed by atoms with E-state index in [2.05, 4.69) is 15.5 Å². The Labute approximate surface area is 181 Å². The van der Waals surface area contributed by atoms with Crippen molar-refractivity contribution in [1.82, 2.24) is 19.6 Å². The quantitative estimate of drug-likeness (QED) is 0.529. The van der Waals surface area contributed by atoms with Crippen LogP contribution in [0, 0.1) is 12.7 Å². The average molecular weight is 435 g/mol. The van der Waals surface area contributed by atoms with Crippen molar-refractivity contribution in [2.75, 3.05) is 18.5 Å². The molecule has 10 heteroatoms. The zero-order valence-electron chi connectivity index (χ0n) is 17.0. The van der Waals surface area contributed by atoms with Crippen LogP contribution in [0.15, 0.2) is 53.5 Å². The number of aromatic nitrogens is 4. The molecule has 1 aliphatic heterocycles. The maximum absolute atomic E-state index is 13.3. The van der Waals surface area contributed by atoms with Gasteiger partial charge in [-0.25, -0.2) is 13.8 Å². The Kier molecular flexibility index (Phi) is 4.81. The molecular formula is C22H18FN5O4. The number of anilines is 1. The van der Waals surface area contributed by atoms with Gasteiger partial charge in [0.05, 0.1) is 17.6 Å². The predicted molar refractivity (Wildman–Crippen MR) is 114 cm³/mol. The molecule has 0 atom stereocenters. The van der Waals surface area contributed by atoms with Gasteiger partial charge in [-0.2, -0.15) is 10.2 Å². The number of carbonyl (C=O) groups excluding carboxylic acids is 1. The van der Waals surface area contributed by atoms with Crippen LogP contribution in [-0.4, -0.2) is 38.7 Å². The first-order chi connectivity index (χ1) is 15.5. The van der Waals surface area contributed by atoms with Gasteiger partial charge in [0, 0.05) is 17.1 Å². The minimum Gasteiger partial charge on any atom is -0.486 e. The zero-order chi connectivity index (χ0) is 22.2. The van der Waals surface area contributed by atoms with E-state index in [0.29, 0.717) is 47.2 Å². The number of benzene rings is 2. The number of fused-ring (bicyclic) bond motifs is 2. The van der Waals surface area contributed by atoms with Gasteiger partial charge in [-0.1, -0.05) is 0 Å². The number of nitrogens with one attached hydrogen (secondary N) is 1. The van der Waals surface area contributed by atoms with Crippen LogP contribution in [0.4, 0.5) is 10.1 Å². The summed E-state index contributed by atoms with van der Waals surface area (Å²) in [6, 6.07) is 10.7. The normalized spacial score (nSPS) is 12.7. The Morgan fingerprint density at radius 3 is 2.66 bits per heavy atom. The SMILES string of the molecule is Cc1nn(CC(=O)Nc2ccc3c(c2)OCCO3)c(=O)c2c1cnn2-c1ccc(F)cc1. The topological polar surface area (TPSA) is 100 Å². The number of carbonyl (C=O) groups is 1. The molecule has 0 fully saturated rings. The molecule has 2 aromatic carbocycles. The molecule has 0 spiro atoms. The monoisotopic (exact) mass is 435 g/mol. The summed E-state index contributed by atoms with van der Waals surface area (Å²) in [7, 11) is 0. The van der Waals surface area contributed by atoms with E-state index in [1.54, 1.807) is 25.1 Å². The molecule has 0 saturated heterocycles. The second kappa shape index (κ2) is 7.80. The van der Waals surface area contributed by atoms with Crippen molar-refractivity contribution in [2.45, 2.75) is 13.5 Å². The Hall–Kier alpha value is -4.21. The first-order valence-electron chi connectivity index (χ1n) is 9.90. The van der Waals surface area contributed by atoms with Crippen molar-refractivity contribution >= 4 is 22.5 Å². The van der Waals surface area contributed by atoms with E-state index < -0.39 is 17.3 Å². The number of aryl methyl sites for hydroxylation is 1. The van der Waals surface area contributed by atoms with E-state index in [0.717, 1.165) is 4.68 Å². The molecule has 0 saturated carbocycles. The number of halogens is 1. The number of hydrogen-bond donors (Lipinski definition) is 1. The van der Waals surface area contributed by atoms with Crippen LogP contribution in [-0.2, 0) is 11.3 Å². The van der Waals surface area contributed by atoms with Crippen molar-refractivity contribution < 1.29 is 18.7 Å².